The van der Waals surface area contributed by atoms with E-state index in [9.17, 15) is 0 Å². The minimum Gasteiger partial charge on any atom is -0.381 e. The molecule has 1 aliphatic rings. The molecule has 0 heterocycles. The van der Waals surface area contributed by atoms with E-state index in [1.165, 1.54) is 41.3 Å². The molecule has 0 aromatic heterocycles. The maximum Gasteiger partial charge on any atom is 0.0571 e. The third kappa shape index (κ3) is 3.16. The molecule has 0 amide bonds. The van der Waals surface area contributed by atoms with Crippen molar-refractivity contribution in [3.8, 4) is 0 Å². The number of methoxy groups -OCH3 is 1. The second kappa shape index (κ2) is 6.21. The average molecular weight is 311 g/mol. The minimum absolute atomic E-state index is 0.497. The van der Waals surface area contributed by atoms with Gasteiger partial charge in [0.1, 0.15) is 0 Å². The molecular weight excluding hydrogens is 288 g/mol. The molecule has 2 heteroatoms. The van der Waals surface area contributed by atoms with Crippen molar-refractivity contribution in [2.75, 3.05) is 7.11 Å². The van der Waals surface area contributed by atoms with Gasteiger partial charge in [0.05, 0.1) is 6.10 Å². The van der Waals surface area contributed by atoms with Crippen LogP contribution in [-0.4, -0.2) is 13.2 Å². The van der Waals surface area contributed by atoms with Gasteiger partial charge in [0.15, 0.2) is 0 Å². The Morgan fingerprint density at radius 3 is 2.50 bits per heavy atom. The van der Waals surface area contributed by atoms with E-state index in [0.717, 1.165) is 5.92 Å². The van der Waals surface area contributed by atoms with Crippen molar-refractivity contribution < 1.29 is 4.74 Å². The molecular formula is C16H23BrO. The molecule has 2 rings (SSSR count). The molecule has 0 saturated heterocycles. The average Bonchev–Trinajstić information content (AvgIpc) is 2.41. The fourth-order valence-electron chi connectivity index (χ4n) is 3.18. The largest absolute Gasteiger partial charge is 0.381 e. The summed E-state index contributed by atoms with van der Waals surface area (Å²) < 4.78 is 6.66. The fraction of sp³-hybridized carbons (Fsp3) is 0.625. The summed E-state index contributed by atoms with van der Waals surface area (Å²) in [4.78, 5) is 0. The predicted molar refractivity (Wildman–Crippen MR) is 80.0 cm³/mol. The lowest BCUT2D eigenvalue weighted by Crippen LogP contribution is -2.23. The summed E-state index contributed by atoms with van der Waals surface area (Å²) in [5, 5.41) is 0. The van der Waals surface area contributed by atoms with Gasteiger partial charge < -0.3 is 4.74 Å². The molecule has 18 heavy (non-hydrogen) atoms. The highest BCUT2D eigenvalue weighted by Crippen LogP contribution is 2.38. The van der Waals surface area contributed by atoms with Crippen LogP contribution in [-0.2, 0) is 4.74 Å². The first-order chi connectivity index (χ1) is 8.61. The second-order valence-corrected chi connectivity index (χ2v) is 6.48. The Morgan fingerprint density at radius 1 is 1.22 bits per heavy atom. The van der Waals surface area contributed by atoms with Crippen molar-refractivity contribution in [3.63, 3.8) is 0 Å². The van der Waals surface area contributed by atoms with Gasteiger partial charge in [0.2, 0.25) is 0 Å². The monoisotopic (exact) mass is 310 g/mol. The van der Waals surface area contributed by atoms with Gasteiger partial charge in [0, 0.05) is 11.6 Å². The first kappa shape index (κ1) is 14.1. The molecule has 0 radical (unpaired) electrons. The van der Waals surface area contributed by atoms with E-state index >= 15 is 0 Å². The molecule has 1 fully saturated rings. The lowest BCUT2D eigenvalue weighted by atomic mass is 9.76. The first-order valence-corrected chi connectivity index (χ1v) is 7.70. The van der Waals surface area contributed by atoms with Crippen LogP contribution in [0.4, 0.5) is 0 Å². The summed E-state index contributed by atoms with van der Waals surface area (Å²) in [5.74, 6) is 1.46. The molecule has 0 bridgehead atoms. The molecule has 1 aromatic carbocycles. The van der Waals surface area contributed by atoms with Gasteiger partial charge >= 0.3 is 0 Å². The molecule has 1 aromatic rings. The van der Waals surface area contributed by atoms with Crippen molar-refractivity contribution in [3.05, 3.63) is 33.8 Å². The Labute approximate surface area is 119 Å². The molecule has 0 N–H and O–H groups in total. The third-order valence-corrected chi connectivity index (χ3v) is 4.98. The van der Waals surface area contributed by atoms with Gasteiger partial charge in [-0.2, -0.15) is 0 Å². The molecule has 1 aliphatic carbocycles. The Bertz CT molecular complexity index is 394. The Balaban J connectivity index is 2.07. The van der Waals surface area contributed by atoms with Crippen LogP contribution in [0.25, 0.3) is 0 Å². The third-order valence-electron chi connectivity index (χ3n) is 4.49. The molecule has 1 unspecified atom stereocenters. The second-order valence-electron chi connectivity index (χ2n) is 5.56. The van der Waals surface area contributed by atoms with Crippen molar-refractivity contribution in [2.24, 2.45) is 5.92 Å². The first-order valence-electron chi connectivity index (χ1n) is 6.90. The number of hydrogen-bond donors (Lipinski definition) is 0. The topological polar surface area (TPSA) is 9.23 Å². The van der Waals surface area contributed by atoms with E-state index in [4.69, 9.17) is 4.74 Å². The van der Waals surface area contributed by atoms with E-state index in [1.807, 2.05) is 7.11 Å². The van der Waals surface area contributed by atoms with Gasteiger partial charge in [0.25, 0.3) is 0 Å². The zero-order valence-electron chi connectivity index (χ0n) is 11.6. The normalized spacial score (nSPS) is 26.0. The Hall–Kier alpha value is -0.340. The Kier molecular flexibility index (Phi) is 4.85. The van der Waals surface area contributed by atoms with Gasteiger partial charge in [-0.1, -0.05) is 28.9 Å². The van der Waals surface area contributed by atoms with Gasteiger partial charge in [-0.25, -0.2) is 0 Å². The number of hydrogen-bond acceptors (Lipinski definition) is 1. The molecule has 1 atom stereocenters. The summed E-state index contributed by atoms with van der Waals surface area (Å²) in [6.07, 6.45) is 5.53. The molecule has 0 aliphatic heterocycles. The summed E-state index contributed by atoms with van der Waals surface area (Å²) in [5.41, 5.74) is 2.92. The summed E-state index contributed by atoms with van der Waals surface area (Å²) in [7, 11) is 1.84. The van der Waals surface area contributed by atoms with Crippen LogP contribution < -0.4 is 0 Å². The number of aryl methyl sites for hydroxylation is 1. The molecule has 1 nitrogen and oxygen atoms in total. The highest BCUT2D eigenvalue weighted by molar-refractivity contribution is 9.10. The maximum atomic E-state index is 5.46. The number of halogens is 1. The zero-order chi connectivity index (χ0) is 13.1. The van der Waals surface area contributed by atoms with Crippen LogP contribution in [0, 0.1) is 12.8 Å². The van der Waals surface area contributed by atoms with E-state index in [1.54, 1.807) is 0 Å². The smallest absolute Gasteiger partial charge is 0.0571 e. The molecule has 0 spiro atoms. The quantitative estimate of drug-likeness (QED) is 0.757. The number of rotatable bonds is 3. The standard InChI is InChI=1S/C16H23BrO/c1-11-4-7-14(17)10-16(11)12(2)13-5-8-15(18-3)9-6-13/h4,7,10,12-13,15H,5-6,8-9H2,1-3H3. The van der Waals surface area contributed by atoms with Crippen molar-refractivity contribution >= 4 is 15.9 Å². The summed E-state index contributed by atoms with van der Waals surface area (Å²) in [6, 6.07) is 6.65. The maximum absolute atomic E-state index is 5.46. The van der Waals surface area contributed by atoms with E-state index in [-0.39, 0.29) is 0 Å². The van der Waals surface area contributed by atoms with Crippen LogP contribution in [0.15, 0.2) is 22.7 Å². The van der Waals surface area contributed by atoms with Crippen molar-refractivity contribution in [1.82, 2.24) is 0 Å². The lowest BCUT2D eigenvalue weighted by molar-refractivity contribution is 0.0533. The SMILES string of the molecule is COC1CCC(C(C)c2cc(Br)ccc2C)CC1. The highest BCUT2D eigenvalue weighted by Gasteiger charge is 2.26. The van der Waals surface area contributed by atoms with Crippen LogP contribution in [0.1, 0.15) is 49.7 Å². The van der Waals surface area contributed by atoms with Crippen molar-refractivity contribution in [2.45, 2.75) is 51.6 Å². The predicted octanol–water partition coefficient (Wildman–Crippen LogP) is 5.07. The lowest BCUT2D eigenvalue weighted by Gasteiger charge is -2.32. The number of benzene rings is 1. The van der Waals surface area contributed by atoms with Crippen LogP contribution >= 0.6 is 15.9 Å². The zero-order valence-corrected chi connectivity index (χ0v) is 13.2. The van der Waals surface area contributed by atoms with Crippen LogP contribution in [0.2, 0.25) is 0 Å². The Morgan fingerprint density at radius 2 is 1.89 bits per heavy atom. The van der Waals surface area contributed by atoms with E-state index in [2.05, 4.69) is 48.0 Å². The van der Waals surface area contributed by atoms with Gasteiger partial charge in [-0.05, 0) is 67.7 Å². The summed E-state index contributed by atoms with van der Waals surface area (Å²) >= 11 is 3.59. The minimum atomic E-state index is 0.497. The van der Waals surface area contributed by atoms with Crippen LogP contribution in [0.5, 0.6) is 0 Å². The van der Waals surface area contributed by atoms with E-state index in [0.29, 0.717) is 12.0 Å². The fourth-order valence-corrected chi connectivity index (χ4v) is 3.56. The van der Waals surface area contributed by atoms with Crippen molar-refractivity contribution in [1.29, 1.82) is 0 Å². The highest BCUT2D eigenvalue weighted by atomic mass is 79.9. The van der Waals surface area contributed by atoms with Crippen LogP contribution in [0.3, 0.4) is 0 Å². The van der Waals surface area contributed by atoms with Gasteiger partial charge in [-0.15, -0.1) is 0 Å². The molecule has 100 valence electrons. The molecule has 1 saturated carbocycles. The van der Waals surface area contributed by atoms with Gasteiger partial charge in [-0.3, -0.25) is 0 Å². The van der Waals surface area contributed by atoms with E-state index < -0.39 is 0 Å². The number of ether oxygens (including phenoxy) is 1. The summed E-state index contributed by atoms with van der Waals surface area (Å²) in [6.45, 7) is 4.60.